The van der Waals surface area contributed by atoms with Crippen molar-refractivity contribution in [3.05, 3.63) is 72.6 Å². The maximum atomic E-state index is 11.7. The lowest BCUT2D eigenvalue weighted by molar-refractivity contribution is 0.598. The zero-order valence-corrected chi connectivity index (χ0v) is 13.0. The molecule has 0 atom stereocenters. The van der Waals surface area contributed by atoms with E-state index < -0.39 is 10.0 Å². The van der Waals surface area contributed by atoms with Gasteiger partial charge in [-0.15, -0.1) is 0 Å². The van der Waals surface area contributed by atoms with Crippen molar-refractivity contribution in [3.63, 3.8) is 0 Å². The van der Waals surface area contributed by atoms with Gasteiger partial charge >= 0.3 is 0 Å². The van der Waals surface area contributed by atoms with Crippen LogP contribution in [0.25, 0.3) is 16.8 Å². The second-order valence-corrected chi connectivity index (χ2v) is 6.52. The fraction of sp³-hybridized carbons (Fsp3) is 0. The summed E-state index contributed by atoms with van der Waals surface area (Å²) in [6.45, 7) is 0. The van der Waals surface area contributed by atoms with Gasteiger partial charge in [-0.1, -0.05) is 36.4 Å². The molecule has 1 aliphatic rings. The average molecular weight is 325 g/mol. The lowest BCUT2D eigenvalue weighted by Gasteiger charge is -2.14. The van der Waals surface area contributed by atoms with Crippen molar-refractivity contribution in [2.75, 3.05) is 0 Å². The fourth-order valence-electron chi connectivity index (χ4n) is 2.33. The Bertz CT molecular complexity index is 914. The molecule has 0 aromatic heterocycles. The highest BCUT2D eigenvalue weighted by atomic mass is 32.2. The lowest BCUT2D eigenvalue weighted by Crippen LogP contribution is -2.13. The highest BCUT2D eigenvalue weighted by Crippen LogP contribution is 2.30. The number of aliphatic imine (C=N–C) groups is 1. The van der Waals surface area contributed by atoms with E-state index in [1.54, 1.807) is 36.8 Å². The molecule has 0 aliphatic carbocycles. The second-order valence-electron chi connectivity index (χ2n) is 4.96. The summed E-state index contributed by atoms with van der Waals surface area (Å²) in [5.41, 5.74) is 3.27. The fourth-order valence-corrected chi connectivity index (χ4v) is 2.87. The lowest BCUT2D eigenvalue weighted by atomic mass is 9.98. The van der Waals surface area contributed by atoms with Gasteiger partial charge in [-0.05, 0) is 29.3 Å². The van der Waals surface area contributed by atoms with Gasteiger partial charge in [0, 0.05) is 18.0 Å². The first-order chi connectivity index (χ1) is 11.1. The van der Waals surface area contributed by atoms with E-state index in [2.05, 4.69) is 10.3 Å². The Kier molecular flexibility index (Phi) is 4.10. The molecule has 6 heteroatoms. The summed E-state index contributed by atoms with van der Waals surface area (Å²) < 4.78 is 23.4. The Hall–Kier alpha value is -2.70. The summed E-state index contributed by atoms with van der Waals surface area (Å²) in [6.07, 6.45) is 6.79. The SMILES string of the molecule is NS(=O)(=O)c1ccc(-c2ccccc2)c(C2=CN=CC=CN2)c1. The molecule has 5 nitrogen and oxygen atoms in total. The Morgan fingerprint density at radius 2 is 1.78 bits per heavy atom. The summed E-state index contributed by atoms with van der Waals surface area (Å²) >= 11 is 0. The van der Waals surface area contributed by atoms with Crippen LogP contribution in [-0.2, 0) is 10.0 Å². The molecule has 0 saturated heterocycles. The average Bonchev–Trinajstić information content (AvgIpc) is 2.83. The molecule has 0 radical (unpaired) electrons. The van der Waals surface area contributed by atoms with Crippen molar-refractivity contribution in [1.29, 1.82) is 0 Å². The van der Waals surface area contributed by atoms with Crippen LogP contribution >= 0.6 is 0 Å². The zero-order valence-electron chi connectivity index (χ0n) is 12.2. The molecule has 1 heterocycles. The van der Waals surface area contributed by atoms with E-state index in [9.17, 15) is 8.42 Å². The van der Waals surface area contributed by atoms with Crippen LogP contribution < -0.4 is 10.5 Å². The van der Waals surface area contributed by atoms with Gasteiger partial charge in [0.15, 0.2) is 0 Å². The van der Waals surface area contributed by atoms with E-state index in [0.29, 0.717) is 11.3 Å². The number of primary sulfonamides is 1. The minimum Gasteiger partial charge on any atom is -0.360 e. The third-order valence-electron chi connectivity index (χ3n) is 3.41. The molecule has 0 bridgehead atoms. The Morgan fingerprint density at radius 1 is 1.00 bits per heavy atom. The smallest absolute Gasteiger partial charge is 0.238 e. The van der Waals surface area contributed by atoms with E-state index >= 15 is 0 Å². The van der Waals surface area contributed by atoms with Crippen LogP contribution in [0.2, 0.25) is 0 Å². The highest BCUT2D eigenvalue weighted by Gasteiger charge is 2.15. The van der Waals surface area contributed by atoms with Crippen LogP contribution in [0.15, 0.2) is 76.9 Å². The first-order valence-corrected chi connectivity index (χ1v) is 8.48. The molecule has 3 rings (SSSR count). The van der Waals surface area contributed by atoms with E-state index in [4.69, 9.17) is 5.14 Å². The van der Waals surface area contributed by atoms with Crippen molar-refractivity contribution in [1.82, 2.24) is 5.32 Å². The number of hydrogen-bond donors (Lipinski definition) is 2. The van der Waals surface area contributed by atoms with Gasteiger partial charge in [-0.3, -0.25) is 4.99 Å². The van der Waals surface area contributed by atoms with Gasteiger partial charge in [0.1, 0.15) is 0 Å². The van der Waals surface area contributed by atoms with Crippen LogP contribution in [0.1, 0.15) is 5.56 Å². The Morgan fingerprint density at radius 3 is 2.52 bits per heavy atom. The molecule has 23 heavy (non-hydrogen) atoms. The first kappa shape index (κ1) is 15.2. The molecule has 0 saturated carbocycles. The van der Waals surface area contributed by atoms with Crippen LogP contribution in [-0.4, -0.2) is 14.6 Å². The minimum absolute atomic E-state index is 0.0621. The van der Waals surface area contributed by atoms with Gasteiger partial charge in [0.25, 0.3) is 0 Å². The van der Waals surface area contributed by atoms with Gasteiger partial charge in [0.05, 0.1) is 16.8 Å². The number of hydrogen-bond acceptors (Lipinski definition) is 4. The van der Waals surface area contributed by atoms with Crippen molar-refractivity contribution >= 4 is 21.9 Å². The third-order valence-corrected chi connectivity index (χ3v) is 4.32. The summed E-state index contributed by atoms with van der Waals surface area (Å²) in [5.74, 6) is 0. The highest BCUT2D eigenvalue weighted by molar-refractivity contribution is 7.89. The molecule has 2 aromatic rings. The van der Waals surface area contributed by atoms with Gasteiger partial charge in [-0.25, -0.2) is 13.6 Å². The maximum Gasteiger partial charge on any atom is 0.238 e. The van der Waals surface area contributed by atoms with Crippen molar-refractivity contribution in [2.24, 2.45) is 10.1 Å². The molecule has 0 spiro atoms. The Labute approximate surface area is 134 Å². The van der Waals surface area contributed by atoms with E-state index in [0.717, 1.165) is 11.1 Å². The number of nitrogens with two attached hydrogens (primary N) is 1. The number of benzene rings is 2. The molecular formula is C17H15N3O2S. The van der Waals surface area contributed by atoms with Gasteiger partial charge in [0.2, 0.25) is 10.0 Å². The number of sulfonamides is 1. The molecule has 116 valence electrons. The van der Waals surface area contributed by atoms with E-state index in [1.807, 2.05) is 30.3 Å². The number of allylic oxidation sites excluding steroid dienone is 1. The monoisotopic (exact) mass is 325 g/mol. The predicted molar refractivity (Wildman–Crippen MR) is 92.0 cm³/mol. The van der Waals surface area contributed by atoms with E-state index in [1.165, 1.54) is 6.07 Å². The summed E-state index contributed by atoms with van der Waals surface area (Å²) in [5, 5.41) is 8.37. The number of nitrogens with one attached hydrogen (secondary N) is 1. The first-order valence-electron chi connectivity index (χ1n) is 6.93. The summed E-state index contributed by atoms with van der Waals surface area (Å²) in [4.78, 5) is 4.20. The topological polar surface area (TPSA) is 84.6 Å². The van der Waals surface area contributed by atoms with Crippen LogP contribution in [0.3, 0.4) is 0 Å². The molecule has 0 fully saturated rings. The van der Waals surface area contributed by atoms with Gasteiger partial charge < -0.3 is 5.32 Å². The maximum absolute atomic E-state index is 11.7. The Balaban J connectivity index is 2.22. The van der Waals surface area contributed by atoms with Crippen molar-refractivity contribution < 1.29 is 8.42 Å². The molecular weight excluding hydrogens is 310 g/mol. The van der Waals surface area contributed by atoms with Crippen LogP contribution in [0.5, 0.6) is 0 Å². The second kappa shape index (κ2) is 6.20. The van der Waals surface area contributed by atoms with Crippen LogP contribution in [0, 0.1) is 0 Å². The normalized spacial score (nSPS) is 14.0. The summed E-state index contributed by atoms with van der Waals surface area (Å²) in [7, 11) is -3.78. The molecule has 2 aromatic carbocycles. The quantitative estimate of drug-likeness (QED) is 0.909. The molecule has 1 aliphatic heterocycles. The predicted octanol–water partition coefficient (Wildman–Crippen LogP) is 2.49. The molecule has 3 N–H and O–H groups in total. The molecule has 0 unspecified atom stereocenters. The zero-order chi connectivity index (χ0) is 16.3. The largest absolute Gasteiger partial charge is 0.360 e. The number of nitrogens with zero attached hydrogens (tertiary/aromatic N) is 1. The van der Waals surface area contributed by atoms with E-state index in [-0.39, 0.29) is 4.90 Å². The molecule has 0 amide bonds. The third kappa shape index (κ3) is 3.39. The van der Waals surface area contributed by atoms with Crippen molar-refractivity contribution in [3.8, 4) is 11.1 Å². The standard InChI is InChI=1S/C17H15N3O2S/c18-23(21,22)14-7-8-15(13-5-2-1-3-6-13)16(11-14)17-12-19-9-4-10-20-17/h1-12,20H,(H2,18,21,22). The van der Waals surface area contributed by atoms with Crippen LogP contribution in [0.4, 0.5) is 0 Å². The number of rotatable bonds is 3. The summed E-state index contributed by atoms with van der Waals surface area (Å²) in [6, 6.07) is 14.5. The van der Waals surface area contributed by atoms with Crippen molar-refractivity contribution in [2.45, 2.75) is 4.90 Å². The minimum atomic E-state index is -3.78. The van der Waals surface area contributed by atoms with Gasteiger partial charge in [-0.2, -0.15) is 0 Å².